The van der Waals surface area contributed by atoms with E-state index in [1.165, 1.54) is 11.6 Å². The number of rotatable bonds is 7. The van der Waals surface area contributed by atoms with Crippen LogP contribution in [0.25, 0.3) is 6.08 Å². The van der Waals surface area contributed by atoms with Gasteiger partial charge in [0.25, 0.3) is 0 Å². The molecule has 6 heteroatoms. The predicted molar refractivity (Wildman–Crippen MR) is 106 cm³/mol. The van der Waals surface area contributed by atoms with Crippen molar-refractivity contribution in [2.75, 3.05) is 11.0 Å². The molecule has 5 nitrogen and oxygen atoms in total. The fourth-order valence-electron chi connectivity index (χ4n) is 2.44. The highest BCUT2D eigenvalue weighted by molar-refractivity contribution is 7.92. The summed E-state index contributed by atoms with van der Waals surface area (Å²) < 4.78 is 24.8. The minimum absolute atomic E-state index is 0.0839. The van der Waals surface area contributed by atoms with Gasteiger partial charge in [0.05, 0.1) is 12.3 Å². The summed E-state index contributed by atoms with van der Waals surface area (Å²) in [5.74, 6) is -0.185. The molecule has 0 heterocycles. The van der Waals surface area contributed by atoms with E-state index < -0.39 is 10.0 Å². The van der Waals surface area contributed by atoms with Crippen LogP contribution in [0.15, 0.2) is 54.6 Å². The largest absolute Gasteiger partial charge is 0.346 e. The number of sulfonamides is 1. The van der Waals surface area contributed by atoms with Gasteiger partial charge in [-0.1, -0.05) is 43.3 Å². The first-order valence-electron chi connectivity index (χ1n) is 8.42. The Labute approximate surface area is 155 Å². The molecule has 0 bridgehead atoms. The third-order valence-corrected chi connectivity index (χ3v) is 4.49. The zero-order chi connectivity index (χ0) is 19.2. The first kappa shape index (κ1) is 19.7. The number of hydrogen-bond donors (Lipinski definition) is 2. The van der Waals surface area contributed by atoms with E-state index in [1.807, 2.05) is 19.1 Å². The molecule has 138 valence electrons. The Morgan fingerprint density at radius 2 is 1.69 bits per heavy atom. The van der Waals surface area contributed by atoms with E-state index >= 15 is 0 Å². The summed E-state index contributed by atoms with van der Waals surface area (Å²) in [5, 5.41) is 2.93. The smallest absolute Gasteiger partial charge is 0.244 e. The highest BCUT2D eigenvalue weighted by Gasteiger charge is 2.07. The summed E-state index contributed by atoms with van der Waals surface area (Å²) in [6, 6.07) is 14.9. The van der Waals surface area contributed by atoms with Crippen LogP contribution in [-0.4, -0.2) is 20.6 Å². The Morgan fingerprint density at radius 3 is 2.23 bits per heavy atom. The second-order valence-electron chi connectivity index (χ2n) is 6.15. The average Bonchev–Trinajstić information content (AvgIpc) is 2.60. The molecule has 0 aromatic heterocycles. The van der Waals surface area contributed by atoms with Crippen LogP contribution >= 0.6 is 0 Å². The highest BCUT2D eigenvalue weighted by atomic mass is 32.2. The van der Waals surface area contributed by atoms with E-state index in [2.05, 4.69) is 29.1 Å². The Kier molecular flexibility index (Phi) is 6.58. The fourth-order valence-corrected chi connectivity index (χ4v) is 3.00. The first-order chi connectivity index (χ1) is 12.3. The van der Waals surface area contributed by atoms with Gasteiger partial charge in [0.2, 0.25) is 15.9 Å². The molecule has 2 aromatic carbocycles. The van der Waals surface area contributed by atoms with Gasteiger partial charge in [0, 0.05) is 11.8 Å². The van der Waals surface area contributed by atoms with Crippen LogP contribution in [0.1, 0.15) is 36.6 Å². The minimum Gasteiger partial charge on any atom is -0.346 e. The van der Waals surface area contributed by atoms with Crippen LogP contribution in [0.4, 0.5) is 5.69 Å². The third-order valence-electron chi connectivity index (χ3n) is 3.89. The summed E-state index contributed by atoms with van der Waals surface area (Å²) in [6.07, 6.45) is 5.24. The highest BCUT2D eigenvalue weighted by Crippen LogP contribution is 2.14. The minimum atomic E-state index is -3.29. The second kappa shape index (κ2) is 8.67. The molecule has 2 N–H and O–H groups in total. The Hall–Kier alpha value is -2.60. The number of hydrogen-bond acceptors (Lipinski definition) is 3. The molecule has 2 aromatic rings. The first-order valence-corrected chi connectivity index (χ1v) is 10.3. The standard InChI is InChI=1S/C20H24N2O3S/c1-4-16-5-10-18(11-6-16)15(2)21-20(23)14-9-17-7-12-19(13-8-17)22-26(3,24)25/h5-15,22H,4H2,1-3H3,(H,21,23)/b14-9+. The Morgan fingerprint density at radius 1 is 1.08 bits per heavy atom. The lowest BCUT2D eigenvalue weighted by molar-refractivity contribution is -0.117. The SMILES string of the molecule is CCc1ccc(C(C)NC(=O)/C=C/c2ccc(NS(C)(=O)=O)cc2)cc1. The van der Waals surface area contributed by atoms with Crippen molar-refractivity contribution in [3.8, 4) is 0 Å². The second-order valence-corrected chi connectivity index (χ2v) is 7.90. The predicted octanol–water partition coefficient (Wildman–Crippen LogP) is 3.51. The molecule has 2 rings (SSSR count). The summed E-state index contributed by atoms with van der Waals surface area (Å²) in [7, 11) is -3.29. The van der Waals surface area contributed by atoms with Crippen molar-refractivity contribution in [2.45, 2.75) is 26.3 Å². The van der Waals surface area contributed by atoms with Gasteiger partial charge < -0.3 is 5.32 Å². The Bertz CT molecular complexity index is 870. The van der Waals surface area contributed by atoms with E-state index in [4.69, 9.17) is 0 Å². The van der Waals surface area contributed by atoms with Gasteiger partial charge in [0.1, 0.15) is 0 Å². The van der Waals surface area contributed by atoms with Crippen molar-refractivity contribution in [3.05, 3.63) is 71.3 Å². The lowest BCUT2D eigenvalue weighted by atomic mass is 10.0. The van der Waals surface area contributed by atoms with Crippen molar-refractivity contribution < 1.29 is 13.2 Å². The average molecular weight is 372 g/mol. The zero-order valence-electron chi connectivity index (χ0n) is 15.2. The van der Waals surface area contributed by atoms with Crippen LogP contribution in [0.2, 0.25) is 0 Å². The van der Waals surface area contributed by atoms with Gasteiger partial charge >= 0.3 is 0 Å². The van der Waals surface area contributed by atoms with E-state index in [1.54, 1.807) is 30.3 Å². The van der Waals surface area contributed by atoms with Crippen molar-refractivity contribution in [2.24, 2.45) is 0 Å². The van der Waals surface area contributed by atoms with Crippen molar-refractivity contribution in [3.63, 3.8) is 0 Å². The molecule has 0 aliphatic heterocycles. The maximum Gasteiger partial charge on any atom is 0.244 e. The normalized spacial score (nSPS) is 12.7. The molecule has 1 amide bonds. The lowest BCUT2D eigenvalue weighted by Crippen LogP contribution is -2.24. The lowest BCUT2D eigenvalue weighted by Gasteiger charge is -2.13. The number of aryl methyl sites for hydroxylation is 1. The number of carbonyl (C=O) groups is 1. The van der Waals surface area contributed by atoms with Gasteiger partial charge in [-0.3, -0.25) is 9.52 Å². The molecule has 1 atom stereocenters. The molecule has 0 fully saturated rings. The monoisotopic (exact) mass is 372 g/mol. The molecule has 0 saturated heterocycles. The van der Waals surface area contributed by atoms with E-state index in [0.717, 1.165) is 23.8 Å². The topological polar surface area (TPSA) is 75.3 Å². The fraction of sp³-hybridized carbons (Fsp3) is 0.250. The summed E-state index contributed by atoms with van der Waals surface area (Å²) in [6.45, 7) is 4.05. The number of anilines is 1. The zero-order valence-corrected chi connectivity index (χ0v) is 16.0. The van der Waals surface area contributed by atoms with Crippen LogP contribution in [0, 0.1) is 0 Å². The van der Waals surface area contributed by atoms with Crippen LogP contribution in [0.3, 0.4) is 0 Å². The van der Waals surface area contributed by atoms with Crippen molar-refractivity contribution in [1.82, 2.24) is 5.32 Å². The van der Waals surface area contributed by atoms with Crippen LogP contribution < -0.4 is 10.0 Å². The van der Waals surface area contributed by atoms with Gasteiger partial charge in [-0.05, 0) is 48.2 Å². The number of carbonyl (C=O) groups excluding carboxylic acids is 1. The van der Waals surface area contributed by atoms with Crippen molar-refractivity contribution >= 4 is 27.7 Å². The molecule has 0 aliphatic rings. The van der Waals surface area contributed by atoms with E-state index in [-0.39, 0.29) is 11.9 Å². The van der Waals surface area contributed by atoms with Gasteiger partial charge in [-0.2, -0.15) is 0 Å². The molecular weight excluding hydrogens is 348 g/mol. The maximum absolute atomic E-state index is 12.1. The summed E-state index contributed by atoms with van der Waals surface area (Å²) in [4.78, 5) is 12.1. The Balaban J connectivity index is 1.93. The number of benzene rings is 2. The van der Waals surface area contributed by atoms with Gasteiger partial charge in [-0.25, -0.2) is 8.42 Å². The molecule has 0 aliphatic carbocycles. The maximum atomic E-state index is 12.1. The molecule has 0 radical (unpaired) electrons. The van der Waals surface area contributed by atoms with Crippen LogP contribution in [0.5, 0.6) is 0 Å². The summed E-state index contributed by atoms with van der Waals surface area (Å²) >= 11 is 0. The van der Waals surface area contributed by atoms with Gasteiger partial charge in [-0.15, -0.1) is 0 Å². The molecular formula is C20H24N2O3S. The molecule has 0 saturated carbocycles. The van der Waals surface area contributed by atoms with E-state index in [9.17, 15) is 13.2 Å². The summed E-state index contributed by atoms with van der Waals surface area (Å²) in [5.41, 5.74) is 3.61. The number of amides is 1. The third kappa shape index (κ3) is 6.37. The quantitative estimate of drug-likeness (QED) is 0.730. The van der Waals surface area contributed by atoms with Crippen LogP contribution in [-0.2, 0) is 21.2 Å². The van der Waals surface area contributed by atoms with Gasteiger partial charge in [0.15, 0.2) is 0 Å². The van der Waals surface area contributed by atoms with Crippen molar-refractivity contribution in [1.29, 1.82) is 0 Å². The molecule has 0 spiro atoms. The molecule has 1 unspecified atom stereocenters. The van der Waals surface area contributed by atoms with E-state index in [0.29, 0.717) is 5.69 Å². The molecule has 26 heavy (non-hydrogen) atoms. The number of nitrogens with one attached hydrogen (secondary N) is 2.